The fraction of sp³-hybridized carbons (Fsp3) is 0.688. The minimum Gasteiger partial charge on any atom is -0.461 e. The third kappa shape index (κ3) is 8.10. The molecule has 0 fully saturated rings. The van der Waals surface area contributed by atoms with Crippen molar-refractivity contribution in [1.82, 2.24) is 0 Å². The summed E-state index contributed by atoms with van der Waals surface area (Å²) in [6.45, 7) is 2.54. The Labute approximate surface area is 111 Å². The first-order valence-electron chi connectivity index (χ1n) is 7.25. The maximum atomic E-state index is 11.4. The van der Waals surface area contributed by atoms with Crippen LogP contribution in [0.25, 0.3) is 0 Å². The number of hydrogen-bond acceptors (Lipinski definition) is 2. The van der Waals surface area contributed by atoms with Gasteiger partial charge < -0.3 is 4.74 Å². The highest BCUT2D eigenvalue weighted by Crippen LogP contribution is 2.10. The molecule has 0 saturated carbocycles. The van der Waals surface area contributed by atoms with Crippen LogP contribution in [0, 0.1) is 0 Å². The summed E-state index contributed by atoms with van der Waals surface area (Å²) in [6, 6.07) is 0. The Morgan fingerprint density at radius 3 is 2.56 bits per heavy atom. The van der Waals surface area contributed by atoms with Crippen LogP contribution >= 0.6 is 0 Å². The molecule has 0 aromatic carbocycles. The molecule has 0 aromatic rings. The molecule has 0 aliphatic carbocycles. The van der Waals surface area contributed by atoms with Gasteiger partial charge in [0.25, 0.3) is 0 Å². The van der Waals surface area contributed by atoms with Gasteiger partial charge in [0, 0.05) is 6.42 Å². The van der Waals surface area contributed by atoms with Crippen LogP contribution < -0.4 is 0 Å². The standard InChI is InChI=1S/C16H26O2/c1-15-11-9-7-5-3-2-4-6-8-10-12-16(17)18-14-13-15/h5,7,13H,2-4,6,8-12,14H2,1H3/b7-5?,15-13-. The fourth-order valence-corrected chi connectivity index (χ4v) is 2.06. The molecule has 1 heterocycles. The molecule has 0 atom stereocenters. The predicted octanol–water partition coefficient (Wildman–Crippen LogP) is 4.56. The Balaban J connectivity index is 2.36. The Hall–Kier alpha value is -1.05. The molecule has 18 heavy (non-hydrogen) atoms. The number of hydrogen-bond donors (Lipinski definition) is 0. The van der Waals surface area contributed by atoms with Crippen LogP contribution in [0.3, 0.4) is 0 Å². The van der Waals surface area contributed by atoms with Crippen molar-refractivity contribution >= 4 is 5.97 Å². The quantitative estimate of drug-likeness (QED) is 0.465. The summed E-state index contributed by atoms with van der Waals surface area (Å²) in [7, 11) is 0. The number of rotatable bonds is 0. The fourth-order valence-electron chi connectivity index (χ4n) is 2.06. The Kier molecular flexibility index (Phi) is 8.28. The van der Waals surface area contributed by atoms with Crippen LogP contribution in [0.2, 0.25) is 0 Å². The van der Waals surface area contributed by atoms with Crippen LogP contribution in [0.1, 0.15) is 64.7 Å². The molecule has 0 aromatic heterocycles. The Morgan fingerprint density at radius 1 is 0.944 bits per heavy atom. The molecule has 1 aliphatic rings. The van der Waals surface area contributed by atoms with Gasteiger partial charge in [-0.2, -0.15) is 0 Å². The van der Waals surface area contributed by atoms with Crippen molar-refractivity contribution in [3.63, 3.8) is 0 Å². The topological polar surface area (TPSA) is 26.3 Å². The first-order valence-corrected chi connectivity index (χ1v) is 7.25. The van der Waals surface area contributed by atoms with Crippen LogP contribution in [0.4, 0.5) is 0 Å². The van der Waals surface area contributed by atoms with E-state index in [1.54, 1.807) is 0 Å². The maximum absolute atomic E-state index is 11.4. The van der Waals surface area contributed by atoms with Gasteiger partial charge in [-0.3, -0.25) is 4.79 Å². The van der Waals surface area contributed by atoms with E-state index in [2.05, 4.69) is 19.1 Å². The number of esters is 1. The molecule has 102 valence electrons. The molecule has 0 unspecified atom stereocenters. The average Bonchev–Trinajstić information content (AvgIpc) is 2.34. The molecule has 0 spiro atoms. The second-order valence-corrected chi connectivity index (χ2v) is 5.05. The van der Waals surface area contributed by atoms with Gasteiger partial charge in [-0.1, -0.05) is 37.0 Å². The van der Waals surface area contributed by atoms with E-state index in [1.165, 1.54) is 31.3 Å². The lowest BCUT2D eigenvalue weighted by molar-refractivity contribution is -0.142. The van der Waals surface area contributed by atoms with Crippen molar-refractivity contribution in [1.29, 1.82) is 0 Å². The SMILES string of the molecule is C/C1=C/COC(=O)CCCCCCCC=CCC1. The third-order valence-electron chi connectivity index (χ3n) is 3.30. The van der Waals surface area contributed by atoms with Crippen LogP contribution in [0.15, 0.2) is 23.8 Å². The molecule has 0 amide bonds. The number of allylic oxidation sites excluding steroid dienone is 3. The third-order valence-corrected chi connectivity index (χ3v) is 3.30. The lowest BCUT2D eigenvalue weighted by Crippen LogP contribution is -2.04. The normalized spacial score (nSPS) is 24.1. The largest absolute Gasteiger partial charge is 0.461 e. The van der Waals surface area contributed by atoms with Gasteiger partial charge in [0.2, 0.25) is 0 Å². The van der Waals surface area contributed by atoms with E-state index >= 15 is 0 Å². The van der Waals surface area contributed by atoms with E-state index < -0.39 is 0 Å². The lowest BCUT2D eigenvalue weighted by Gasteiger charge is -2.04. The van der Waals surface area contributed by atoms with Gasteiger partial charge in [-0.05, 0) is 45.1 Å². The van der Waals surface area contributed by atoms with E-state index in [-0.39, 0.29) is 5.97 Å². The molecule has 0 saturated heterocycles. The minimum absolute atomic E-state index is 0.0500. The second kappa shape index (κ2) is 9.93. The molecule has 1 aliphatic heterocycles. The highest BCUT2D eigenvalue weighted by atomic mass is 16.5. The molecular weight excluding hydrogens is 224 g/mol. The van der Waals surface area contributed by atoms with Gasteiger partial charge in [-0.15, -0.1) is 0 Å². The Bertz CT molecular complexity index is 289. The zero-order chi connectivity index (χ0) is 13.1. The summed E-state index contributed by atoms with van der Waals surface area (Å²) in [5, 5.41) is 0. The summed E-state index contributed by atoms with van der Waals surface area (Å²) in [4.78, 5) is 11.4. The summed E-state index contributed by atoms with van der Waals surface area (Å²) in [5.41, 5.74) is 1.31. The number of ether oxygens (including phenoxy) is 1. The molecule has 2 heteroatoms. The van der Waals surface area contributed by atoms with Crippen molar-refractivity contribution in [3.8, 4) is 0 Å². The highest BCUT2D eigenvalue weighted by Gasteiger charge is 2.01. The number of carbonyl (C=O) groups excluding carboxylic acids is 1. The van der Waals surface area contributed by atoms with E-state index in [0.717, 1.165) is 25.7 Å². The maximum Gasteiger partial charge on any atom is 0.306 e. The lowest BCUT2D eigenvalue weighted by atomic mass is 10.1. The molecule has 1 rings (SSSR count). The second-order valence-electron chi connectivity index (χ2n) is 5.05. The Morgan fingerprint density at radius 2 is 1.67 bits per heavy atom. The minimum atomic E-state index is -0.0500. The molecule has 0 N–H and O–H groups in total. The summed E-state index contributed by atoms with van der Waals surface area (Å²) < 4.78 is 5.18. The monoisotopic (exact) mass is 250 g/mol. The molecular formula is C16H26O2. The van der Waals surface area contributed by atoms with Crippen molar-refractivity contribution in [3.05, 3.63) is 23.8 Å². The van der Waals surface area contributed by atoms with E-state index in [4.69, 9.17) is 4.74 Å². The van der Waals surface area contributed by atoms with E-state index in [1.807, 2.05) is 6.08 Å². The number of cyclic esters (lactones) is 1. The predicted molar refractivity (Wildman–Crippen MR) is 75.4 cm³/mol. The first-order chi connectivity index (χ1) is 8.79. The van der Waals surface area contributed by atoms with Gasteiger partial charge in [0.15, 0.2) is 0 Å². The zero-order valence-electron chi connectivity index (χ0n) is 11.6. The average molecular weight is 250 g/mol. The molecule has 0 bridgehead atoms. The van der Waals surface area contributed by atoms with Crippen molar-refractivity contribution in [2.24, 2.45) is 0 Å². The molecule has 2 nitrogen and oxygen atoms in total. The smallest absolute Gasteiger partial charge is 0.306 e. The summed E-state index contributed by atoms with van der Waals surface area (Å²) >= 11 is 0. The number of carbonyl (C=O) groups is 1. The van der Waals surface area contributed by atoms with Crippen LogP contribution in [-0.2, 0) is 9.53 Å². The van der Waals surface area contributed by atoms with Crippen LogP contribution in [0.5, 0.6) is 0 Å². The van der Waals surface area contributed by atoms with Gasteiger partial charge in [0.05, 0.1) is 0 Å². The van der Waals surface area contributed by atoms with Gasteiger partial charge >= 0.3 is 5.97 Å². The molecule has 0 radical (unpaired) electrons. The van der Waals surface area contributed by atoms with E-state index in [0.29, 0.717) is 13.0 Å². The summed E-state index contributed by atoms with van der Waals surface area (Å²) in [6.07, 6.45) is 16.4. The summed E-state index contributed by atoms with van der Waals surface area (Å²) in [5.74, 6) is -0.0500. The van der Waals surface area contributed by atoms with Gasteiger partial charge in [-0.25, -0.2) is 0 Å². The van der Waals surface area contributed by atoms with Crippen molar-refractivity contribution in [2.45, 2.75) is 64.7 Å². The van der Waals surface area contributed by atoms with Crippen molar-refractivity contribution in [2.75, 3.05) is 6.61 Å². The van der Waals surface area contributed by atoms with E-state index in [9.17, 15) is 4.79 Å². The zero-order valence-corrected chi connectivity index (χ0v) is 11.6. The van der Waals surface area contributed by atoms with Crippen LogP contribution in [-0.4, -0.2) is 12.6 Å². The highest BCUT2D eigenvalue weighted by molar-refractivity contribution is 5.69. The first kappa shape index (κ1) is 15.0. The van der Waals surface area contributed by atoms with Crippen molar-refractivity contribution < 1.29 is 9.53 Å². The van der Waals surface area contributed by atoms with Gasteiger partial charge in [0.1, 0.15) is 6.61 Å².